The number of esters is 1. The van der Waals surface area contributed by atoms with Crippen molar-refractivity contribution in [1.82, 2.24) is 0 Å². The third-order valence-corrected chi connectivity index (χ3v) is 1.83. The summed E-state index contributed by atoms with van der Waals surface area (Å²) in [5.41, 5.74) is 2.26. The van der Waals surface area contributed by atoms with Crippen LogP contribution >= 0.6 is 0 Å². The quantitative estimate of drug-likeness (QED) is 0.370. The van der Waals surface area contributed by atoms with Crippen molar-refractivity contribution in [3.63, 3.8) is 0 Å². The summed E-state index contributed by atoms with van der Waals surface area (Å²) >= 11 is 0. The Hall–Kier alpha value is -1.05. The van der Waals surface area contributed by atoms with Crippen LogP contribution in [0.15, 0.2) is 23.8 Å². The molecule has 0 N–H and O–H groups in total. The van der Waals surface area contributed by atoms with E-state index in [4.69, 9.17) is 4.74 Å². The summed E-state index contributed by atoms with van der Waals surface area (Å²) in [6.07, 6.45) is 4.58. The van der Waals surface area contributed by atoms with Crippen LogP contribution in [0.25, 0.3) is 0 Å². The second kappa shape index (κ2) is 7.36. The van der Waals surface area contributed by atoms with Gasteiger partial charge in [-0.15, -0.1) is 6.58 Å². The van der Waals surface area contributed by atoms with Gasteiger partial charge in [0.1, 0.15) is 0 Å². The van der Waals surface area contributed by atoms with Crippen molar-refractivity contribution in [3.05, 3.63) is 23.8 Å². The normalized spacial score (nSPS) is 11.2. The van der Waals surface area contributed by atoms with Crippen LogP contribution in [0, 0.1) is 0 Å². The molecule has 0 amide bonds. The number of ether oxygens (including phenoxy) is 1. The molecule has 0 unspecified atom stereocenters. The van der Waals surface area contributed by atoms with E-state index in [1.807, 2.05) is 20.8 Å². The van der Waals surface area contributed by atoms with E-state index in [0.29, 0.717) is 6.61 Å². The van der Waals surface area contributed by atoms with Crippen LogP contribution in [0.5, 0.6) is 0 Å². The van der Waals surface area contributed by atoms with E-state index < -0.39 is 0 Å². The average molecular weight is 196 g/mol. The molecule has 0 aliphatic rings. The lowest BCUT2D eigenvalue weighted by atomic mass is 10.1. The molecule has 0 heterocycles. The first-order valence-corrected chi connectivity index (χ1v) is 5.04. The highest BCUT2D eigenvalue weighted by molar-refractivity contribution is 5.82. The number of allylic oxidation sites excluding steroid dienone is 2. The van der Waals surface area contributed by atoms with Gasteiger partial charge in [-0.05, 0) is 40.0 Å². The first-order valence-electron chi connectivity index (χ1n) is 5.04. The standard InChI is InChI=1S/C12H20O2/c1-5-14-12(13)9-11(4)8-6-7-10(2)3/h9H,2,5-8H2,1,3-4H3. The lowest BCUT2D eigenvalue weighted by molar-refractivity contribution is -0.137. The maximum Gasteiger partial charge on any atom is 0.330 e. The van der Waals surface area contributed by atoms with E-state index in [0.717, 1.165) is 24.8 Å². The van der Waals surface area contributed by atoms with Crippen LogP contribution in [0.3, 0.4) is 0 Å². The number of hydrogen-bond donors (Lipinski definition) is 0. The van der Waals surface area contributed by atoms with Gasteiger partial charge >= 0.3 is 5.97 Å². The van der Waals surface area contributed by atoms with E-state index in [9.17, 15) is 4.79 Å². The van der Waals surface area contributed by atoms with E-state index in [-0.39, 0.29) is 5.97 Å². The van der Waals surface area contributed by atoms with Gasteiger partial charge in [-0.2, -0.15) is 0 Å². The van der Waals surface area contributed by atoms with Gasteiger partial charge in [-0.25, -0.2) is 4.79 Å². The second-order valence-corrected chi connectivity index (χ2v) is 3.55. The maximum absolute atomic E-state index is 11.0. The Morgan fingerprint density at radius 3 is 2.50 bits per heavy atom. The number of carbonyl (C=O) groups is 1. The van der Waals surface area contributed by atoms with Crippen molar-refractivity contribution in [3.8, 4) is 0 Å². The molecule has 80 valence electrons. The highest BCUT2D eigenvalue weighted by Crippen LogP contribution is 2.10. The van der Waals surface area contributed by atoms with E-state index >= 15 is 0 Å². The molecule has 0 spiro atoms. The number of hydrogen-bond acceptors (Lipinski definition) is 2. The average Bonchev–Trinajstić information content (AvgIpc) is 2.03. The van der Waals surface area contributed by atoms with Crippen molar-refractivity contribution < 1.29 is 9.53 Å². The van der Waals surface area contributed by atoms with Gasteiger partial charge in [0, 0.05) is 6.08 Å². The van der Waals surface area contributed by atoms with Crippen LogP contribution < -0.4 is 0 Å². The van der Waals surface area contributed by atoms with Gasteiger partial charge in [0.2, 0.25) is 0 Å². The van der Waals surface area contributed by atoms with Crippen LogP contribution in [-0.4, -0.2) is 12.6 Å². The van der Waals surface area contributed by atoms with E-state index in [1.165, 1.54) is 5.57 Å². The highest BCUT2D eigenvalue weighted by atomic mass is 16.5. The van der Waals surface area contributed by atoms with Gasteiger partial charge in [0.25, 0.3) is 0 Å². The largest absolute Gasteiger partial charge is 0.463 e. The number of carbonyl (C=O) groups excluding carboxylic acids is 1. The highest BCUT2D eigenvalue weighted by Gasteiger charge is 1.98. The fraction of sp³-hybridized carbons (Fsp3) is 0.583. The predicted molar refractivity (Wildman–Crippen MR) is 59.1 cm³/mol. The Morgan fingerprint density at radius 2 is 2.00 bits per heavy atom. The third kappa shape index (κ3) is 7.59. The molecule has 2 heteroatoms. The zero-order valence-electron chi connectivity index (χ0n) is 9.43. The Kier molecular flexibility index (Phi) is 6.81. The molecule has 0 rings (SSSR count). The minimum atomic E-state index is -0.236. The lowest BCUT2D eigenvalue weighted by Crippen LogP contribution is -2.00. The summed E-state index contributed by atoms with van der Waals surface area (Å²) in [5, 5.41) is 0. The Bertz CT molecular complexity index is 226. The molecule has 0 aromatic carbocycles. The smallest absolute Gasteiger partial charge is 0.330 e. The van der Waals surface area contributed by atoms with Crippen molar-refractivity contribution in [2.75, 3.05) is 6.61 Å². The minimum Gasteiger partial charge on any atom is -0.463 e. The Balaban J connectivity index is 3.76. The zero-order chi connectivity index (χ0) is 11.0. The first kappa shape index (κ1) is 12.9. The van der Waals surface area contributed by atoms with Crippen LogP contribution in [0.1, 0.15) is 40.0 Å². The van der Waals surface area contributed by atoms with E-state index in [1.54, 1.807) is 6.08 Å². The molecule has 2 nitrogen and oxygen atoms in total. The maximum atomic E-state index is 11.0. The summed E-state index contributed by atoms with van der Waals surface area (Å²) < 4.78 is 4.81. The molecule has 0 bridgehead atoms. The first-order chi connectivity index (χ1) is 6.56. The molecule has 0 atom stereocenters. The Morgan fingerprint density at radius 1 is 1.36 bits per heavy atom. The summed E-state index contributed by atoms with van der Waals surface area (Å²) in [6.45, 7) is 10.0. The molecular weight excluding hydrogens is 176 g/mol. The lowest BCUT2D eigenvalue weighted by Gasteiger charge is -2.01. The zero-order valence-corrected chi connectivity index (χ0v) is 9.43. The van der Waals surface area contributed by atoms with Crippen LogP contribution in [0.4, 0.5) is 0 Å². The van der Waals surface area contributed by atoms with Gasteiger partial charge in [-0.3, -0.25) is 0 Å². The molecule has 0 saturated heterocycles. The van der Waals surface area contributed by atoms with Crippen LogP contribution in [-0.2, 0) is 9.53 Å². The van der Waals surface area contributed by atoms with Gasteiger partial charge in [0.15, 0.2) is 0 Å². The van der Waals surface area contributed by atoms with Crippen molar-refractivity contribution in [2.24, 2.45) is 0 Å². The van der Waals surface area contributed by atoms with Gasteiger partial charge in [0.05, 0.1) is 6.61 Å². The van der Waals surface area contributed by atoms with Crippen molar-refractivity contribution in [1.29, 1.82) is 0 Å². The fourth-order valence-electron chi connectivity index (χ4n) is 1.13. The summed E-state index contributed by atoms with van der Waals surface area (Å²) in [6, 6.07) is 0. The third-order valence-electron chi connectivity index (χ3n) is 1.83. The SMILES string of the molecule is C=C(C)CCCC(C)=CC(=O)OCC. The summed E-state index contributed by atoms with van der Waals surface area (Å²) in [5.74, 6) is -0.236. The van der Waals surface area contributed by atoms with Crippen LogP contribution in [0.2, 0.25) is 0 Å². The molecule has 0 aromatic heterocycles. The summed E-state index contributed by atoms with van der Waals surface area (Å²) in [7, 11) is 0. The molecule has 0 aliphatic carbocycles. The predicted octanol–water partition coefficient (Wildman–Crippen LogP) is 3.24. The topological polar surface area (TPSA) is 26.3 Å². The molecular formula is C12H20O2. The molecule has 0 saturated carbocycles. The second-order valence-electron chi connectivity index (χ2n) is 3.55. The number of rotatable bonds is 6. The van der Waals surface area contributed by atoms with Gasteiger partial charge in [-0.1, -0.05) is 11.1 Å². The summed E-state index contributed by atoms with van der Waals surface area (Å²) in [4.78, 5) is 11.0. The van der Waals surface area contributed by atoms with E-state index in [2.05, 4.69) is 6.58 Å². The molecule has 0 radical (unpaired) electrons. The van der Waals surface area contributed by atoms with Crippen molar-refractivity contribution in [2.45, 2.75) is 40.0 Å². The molecule has 14 heavy (non-hydrogen) atoms. The van der Waals surface area contributed by atoms with Gasteiger partial charge < -0.3 is 4.74 Å². The minimum absolute atomic E-state index is 0.236. The monoisotopic (exact) mass is 196 g/mol. The molecule has 0 aromatic rings. The Labute approximate surface area is 86.6 Å². The fourth-order valence-corrected chi connectivity index (χ4v) is 1.13. The molecule has 0 aliphatic heterocycles. The van der Waals surface area contributed by atoms with Crippen molar-refractivity contribution >= 4 is 5.97 Å². The molecule has 0 fully saturated rings.